The van der Waals surface area contributed by atoms with Crippen LogP contribution in [0.3, 0.4) is 0 Å². The first-order valence-corrected chi connectivity index (χ1v) is 6.39. The second-order valence-corrected chi connectivity index (χ2v) is 4.96. The molecule has 0 bridgehead atoms. The van der Waals surface area contributed by atoms with Crippen molar-refractivity contribution >= 4 is 23.1 Å². The zero-order valence-electron chi connectivity index (χ0n) is 9.09. The van der Waals surface area contributed by atoms with Crippen molar-refractivity contribution in [3.63, 3.8) is 0 Å². The summed E-state index contributed by atoms with van der Waals surface area (Å²) >= 11 is 7.11. The summed E-state index contributed by atoms with van der Waals surface area (Å²) in [6.07, 6.45) is 2.88. The SMILES string of the molecule is Cc1nsc(C)c1C(C#N)CCCCCl. The standard InChI is InChI=1S/C11H15ClN2S/c1-8-11(9(2)15-14-8)10(7-13)5-3-4-6-12/h10H,3-6H2,1-2H3. The maximum Gasteiger partial charge on any atom is 0.0741 e. The van der Waals surface area contributed by atoms with Gasteiger partial charge in [-0.15, -0.1) is 11.6 Å². The van der Waals surface area contributed by atoms with Gasteiger partial charge >= 0.3 is 0 Å². The number of nitrogens with zero attached hydrogens (tertiary/aromatic N) is 2. The molecule has 0 fully saturated rings. The van der Waals surface area contributed by atoms with Crippen molar-refractivity contribution in [3.8, 4) is 6.07 Å². The van der Waals surface area contributed by atoms with E-state index < -0.39 is 0 Å². The largest absolute Gasteiger partial charge is 0.198 e. The number of hydrogen-bond donors (Lipinski definition) is 0. The lowest BCUT2D eigenvalue weighted by atomic mass is 9.94. The topological polar surface area (TPSA) is 36.7 Å². The van der Waals surface area contributed by atoms with E-state index in [2.05, 4.69) is 10.4 Å². The number of aryl methyl sites for hydroxylation is 2. The molecule has 0 aliphatic rings. The summed E-state index contributed by atoms with van der Waals surface area (Å²) in [4.78, 5) is 1.17. The molecule has 0 saturated heterocycles. The average molecular weight is 243 g/mol. The van der Waals surface area contributed by atoms with E-state index in [4.69, 9.17) is 16.9 Å². The van der Waals surface area contributed by atoms with Crippen molar-refractivity contribution in [2.45, 2.75) is 39.0 Å². The summed E-state index contributed by atoms with van der Waals surface area (Å²) < 4.78 is 4.28. The van der Waals surface area contributed by atoms with Crippen LogP contribution in [-0.2, 0) is 0 Å². The highest BCUT2D eigenvalue weighted by Crippen LogP contribution is 2.29. The summed E-state index contributed by atoms with van der Waals surface area (Å²) in [6, 6.07) is 2.37. The molecule has 2 nitrogen and oxygen atoms in total. The van der Waals surface area contributed by atoms with Gasteiger partial charge in [-0.25, -0.2) is 0 Å². The molecule has 82 valence electrons. The molecule has 0 amide bonds. The second kappa shape index (κ2) is 6.09. The monoisotopic (exact) mass is 242 g/mol. The third kappa shape index (κ3) is 3.19. The smallest absolute Gasteiger partial charge is 0.0741 e. The summed E-state index contributed by atoms with van der Waals surface area (Å²) in [5.41, 5.74) is 2.15. The predicted molar refractivity (Wildman–Crippen MR) is 64.5 cm³/mol. The molecule has 1 aromatic heterocycles. The molecule has 0 aromatic carbocycles. The highest BCUT2D eigenvalue weighted by molar-refractivity contribution is 7.05. The first-order valence-electron chi connectivity index (χ1n) is 5.09. The number of alkyl halides is 1. The molecule has 0 N–H and O–H groups in total. The fraction of sp³-hybridized carbons (Fsp3) is 0.636. The van der Waals surface area contributed by atoms with E-state index in [1.165, 1.54) is 16.4 Å². The van der Waals surface area contributed by atoms with Gasteiger partial charge in [0.2, 0.25) is 0 Å². The Kier molecular flexibility index (Phi) is 5.07. The van der Waals surface area contributed by atoms with Gasteiger partial charge in [0.25, 0.3) is 0 Å². The first kappa shape index (κ1) is 12.5. The van der Waals surface area contributed by atoms with E-state index in [9.17, 15) is 0 Å². The van der Waals surface area contributed by atoms with E-state index in [1.54, 1.807) is 0 Å². The minimum atomic E-state index is -0.00744. The number of halogens is 1. The average Bonchev–Trinajstić information content (AvgIpc) is 2.55. The van der Waals surface area contributed by atoms with Crippen molar-refractivity contribution in [1.29, 1.82) is 5.26 Å². The minimum Gasteiger partial charge on any atom is -0.198 e. The maximum atomic E-state index is 9.14. The fourth-order valence-electron chi connectivity index (χ4n) is 1.70. The molecule has 0 aliphatic heterocycles. The zero-order valence-corrected chi connectivity index (χ0v) is 10.7. The molecular weight excluding hydrogens is 228 g/mol. The van der Waals surface area contributed by atoms with Crippen LogP contribution in [-0.4, -0.2) is 10.3 Å². The molecule has 1 rings (SSSR count). The van der Waals surface area contributed by atoms with Crippen LogP contribution in [0.4, 0.5) is 0 Å². The van der Waals surface area contributed by atoms with Gasteiger partial charge in [0.1, 0.15) is 0 Å². The normalized spacial score (nSPS) is 12.4. The predicted octanol–water partition coefficient (Wildman–Crippen LogP) is 3.78. The van der Waals surface area contributed by atoms with Crippen LogP contribution in [0.5, 0.6) is 0 Å². The number of rotatable bonds is 5. The highest BCUT2D eigenvalue weighted by atomic mass is 35.5. The summed E-state index contributed by atoms with van der Waals surface area (Å²) in [6.45, 7) is 4.01. The van der Waals surface area contributed by atoms with Gasteiger partial charge in [0.15, 0.2) is 0 Å². The molecule has 15 heavy (non-hydrogen) atoms. The van der Waals surface area contributed by atoms with Gasteiger partial charge in [0, 0.05) is 16.3 Å². The van der Waals surface area contributed by atoms with Crippen molar-refractivity contribution in [2.24, 2.45) is 0 Å². The van der Waals surface area contributed by atoms with Crippen molar-refractivity contribution in [1.82, 2.24) is 4.37 Å². The van der Waals surface area contributed by atoms with E-state index in [0.29, 0.717) is 5.88 Å². The van der Waals surface area contributed by atoms with E-state index >= 15 is 0 Å². The number of unbranched alkanes of at least 4 members (excludes halogenated alkanes) is 1. The van der Waals surface area contributed by atoms with Crippen LogP contribution in [0.2, 0.25) is 0 Å². The molecule has 0 saturated carbocycles. The van der Waals surface area contributed by atoms with Crippen molar-refractivity contribution < 1.29 is 0 Å². The quantitative estimate of drug-likeness (QED) is 0.582. The van der Waals surface area contributed by atoms with Crippen molar-refractivity contribution in [3.05, 3.63) is 16.1 Å². The Balaban J connectivity index is 2.71. The molecule has 1 aromatic rings. The molecule has 4 heteroatoms. The Hall–Kier alpha value is -0.590. The minimum absolute atomic E-state index is 0.00744. The van der Waals surface area contributed by atoms with Crippen LogP contribution in [0.25, 0.3) is 0 Å². The first-order chi connectivity index (χ1) is 7.20. The Morgan fingerprint density at radius 3 is 2.67 bits per heavy atom. The molecule has 1 unspecified atom stereocenters. The molecule has 0 radical (unpaired) electrons. The Morgan fingerprint density at radius 2 is 2.20 bits per heavy atom. The lowest BCUT2D eigenvalue weighted by Crippen LogP contribution is -1.99. The lowest BCUT2D eigenvalue weighted by Gasteiger charge is -2.08. The Morgan fingerprint density at radius 1 is 1.47 bits per heavy atom. The summed E-state index contributed by atoms with van der Waals surface area (Å²) in [5.74, 6) is 0.671. The van der Waals surface area contributed by atoms with Crippen LogP contribution in [0, 0.1) is 25.2 Å². The number of nitriles is 1. The van der Waals surface area contributed by atoms with Gasteiger partial charge in [-0.1, -0.05) is 6.42 Å². The molecule has 0 spiro atoms. The maximum absolute atomic E-state index is 9.14. The molecule has 0 aliphatic carbocycles. The Labute approximate surface area is 100 Å². The van der Waals surface area contributed by atoms with Crippen molar-refractivity contribution in [2.75, 3.05) is 5.88 Å². The van der Waals surface area contributed by atoms with Gasteiger partial charge < -0.3 is 0 Å². The molecule has 1 atom stereocenters. The molecule has 1 heterocycles. The van der Waals surface area contributed by atoms with E-state index in [0.717, 1.165) is 30.5 Å². The van der Waals surface area contributed by atoms with Gasteiger partial charge in [-0.3, -0.25) is 0 Å². The Bertz CT molecular complexity index is 334. The lowest BCUT2D eigenvalue weighted by molar-refractivity contribution is 0.669. The zero-order chi connectivity index (χ0) is 11.3. The van der Waals surface area contributed by atoms with E-state index in [1.807, 2.05) is 13.8 Å². The second-order valence-electron chi connectivity index (χ2n) is 3.60. The summed E-state index contributed by atoms with van der Waals surface area (Å²) in [7, 11) is 0. The van der Waals surface area contributed by atoms with Crippen LogP contribution >= 0.6 is 23.1 Å². The number of hydrogen-bond acceptors (Lipinski definition) is 3. The fourth-order valence-corrected chi connectivity index (χ4v) is 2.65. The van der Waals surface area contributed by atoms with E-state index in [-0.39, 0.29) is 5.92 Å². The van der Waals surface area contributed by atoms with Crippen LogP contribution in [0.15, 0.2) is 0 Å². The van der Waals surface area contributed by atoms with Gasteiger partial charge in [-0.05, 0) is 38.2 Å². The van der Waals surface area contributed by atoms with Crippen LogP contribution < -0.4 is 0 Å². The van der Waals surface area contributed by atoms with Crippen LogP contribution in [0.1, 0.15) is 41.3 Å². The third-order valence-corrected chi connectivity index (χ3v) is 3.60. The number of aromatic nitrogens is 1. The molecular formula is C11H15ClN2S. The van der Waals surface area contributed by atoms with Gasteiger partial charge in [0.05, 0.1) is 17.7 Å². The third-order valence-electron chi connectivity index (χ3n) is 2.47. The highest BCUT2D eigenvalue weighted by Gasteiger charge is 2.17. The van der Waals surface area contributed by atoms with Gasteiger partial charge in [-0.2, -0.15) is 9.64 Å². The summed E-state index contributed by atoms with van der Waals surface area (Å²) in [5, 5.41) is 9.14.